The first-order valence-corrected chi connectivity index (χ1v) is 19.1. The molecule has 0 spiro atoms. The Labute approximate surface area is 357 Å². The summed E-state index contributed by atoms with van der Waals surface area (Å²) in [4.78, 5) is 36.6. The second-order valence-corrected chi connectivity index (χ2v) is 14.1. The summed E-state index contributed by atoms with van der Waals surface area (Å²) in [6.45, 7) is 0.234. The molecular weight excluding hydrogens is 885 g/mol. The number of nitrogens with zero attached hydrogens (tertiary/aromatic N) is 2. The van der Waals surface area contributed by atoms with Crippen molar-refractivity contribution in [3.63, 3.8) is 0 Å². The van der Waals surface area contributed by atoms with Crippen LogP contribution in [0.5, 0.6) is 11.5 Å². The van der Waals surface area contributed by atoms with Crippen molar-refractivity contribution >= 4 is 63.2 Å². The summed E-state index contributed by atoms with van der Waals surface area (Å²) in [7, 11) is -1.57. The smallest absolute Gasteiger partial charge is 0.486 e. The van der Waals surface area contributed by atoms with Crippen LogP contribution in [0.15, 0.2) is 138 Å². The number of nitrogens with one attached hydrogen (secondary N) is 2. The molecule has 2 heterocycles. The maximum atomic E-state index is 12.6. The molecule has 0 radical (unpaired) electrons. The molecule has 10 nitrogen and oxygen atoms in total. The zero-order valence-electron chi connectivity index (χ0n) is 31.9. The van der Waals surface area contributed by atoms with Gasteiger partial charge in [0.1, 0.15) is 42.6 Å². The average molecular weight is 917 g/mol. The van der Waals surface area contributed by atoms with Gasteiger partial charge in [-0.25, -0.2) is 9.97 Å². The predicted molar refractivity (Wildman–Crippen MR) is 224 cm³/mol. The number of aromatic amines is 2. The number of aldehydes is 2. The monoisotopic (exact) mass is 916 g/mol. The molecular formula is C44H32BBrF6N4O6. The van der Waals surface area contributed by atoms with Crippen LogP contribution >= 0.6 is 15.9 Å². The van der Waals surface area contributed by atoms with Gasteiger partial charge in [0.15, 0.2) is 6.29 Å². The molecule has 0 aliphatic heterocycles. The summed E-state index contributed by atoms with van der Waals surface area (Å²) in [5.41, 5.74) is 4.57. The number of carbonyl (C=O) groups excluding carboxylic acids is 2. The summed E-state index contributed by atoms with van der Waals surface area (Å²) in [5, 5.41) is 17.5. The summed E-state index contributed by atoms with van der Waals surface area (Å²) in [6.07, 6.45) is -7.31. The molecule has 0 atom stereocenters. The number of imidazole rings is 2. The number of rotatable bonds is 10. The summed E-state index contributed by atoms with van der Waals surface area (Å²) < 4.78 is 87.1. The van der Waals surface area contributed by atoms with E-state index in [-0.39, 0.29) is 18.7 Å². The van der Waals surface area contributed by atoms with Crippen LogP contribution in [0.1, 0.15) is 43.5 Å². The van der Waals surface area contributed by atoms with Gasteiger partial charge in [-0.1, -0.05) is 70.5 Å². The molecule has 316 valence electrons. The molecule has 0 aliphatic carbocycles. The molecule has 8 rings (SSSR count). The fraction of sp³-hybridized carbons (Fsp3) is 0.0909. The van der Waals surface area contributed by atoms with Crippen LogP contribution in [-0.2, 0) is 25.6 Å². The molecule has 8 aromatic rings. The Morgan fingerprint density at radius 1 is 0.597 bits per heavy atom. The van der Waals surface area contributed by atoms with Crippen molar-refractivity contribution in [2.75, 3.05) is 0 Å². The van der Waals surface area contributed by atoms with E-state index in [1.807, 2.05) is 48.5 Å². The van der Waals surface area contributed by atoms with Crippen molar-refractivity contribution in [2.24, 2.45) is 0 Å². The molecule has 0 amide bonds. The van der Waals surface area contributed by atoms with Crippen LogP contribution in [0, 0.1) is 0 Å². The van der Waals surface area contributed by atoms with Crippen LogP contribution in [0.4, 0.5) is 26.3 Å². The lowest BCUT2D eigenvalue weighted by molar-refractivity contribution is -0.138. The second kappa shape index (κ2) is 19.7. The van der Waals surface area contributed by atoms with Gasteiger partial charge < -0.3 is 29.5 Å². The number of alkyl halides is 6. The van der Waals surface area contributed by atoms with E-state index >= 15 is 0 Å². The third kappa shape index (κ3) is 11.7. The number of halogens is 7. The summed E-state index contributed by atoms with van der Waals surface area (Å²) >= 11 is 3.37. The number of carbonyl (C=O) groups is 2. The molecule has 6 aromatic carbocycles. The Morgan fingerprint density at radius 3 is 1.55 bits per heavy atom. The predicted octanol–water partition coefficient (Wildman–Crippen LogP) is 9.74. The van der Waals surface area contributed by atoms with E-state index in [0.29, 0.717) is 40.6 Å². The van der Waals surface area contributed by atoms with Crippen molar-refractivity contribution in [3.8, 4) is 22.6 Å². The molecule has 0 unspecified atom stereocenters. The fourth-order valence-electron chi connectivity index (χ4n) is 5.90. The van der Waals surface area contributed by atoms with Crippen molar-refractivity contribution in [1.82, 2.24) is 19.9 Å². The fourth-order valence-corrected chi connectivity index (χ4v) is 6.26. The molecule has 62 heavy (non-hydrogen) atoms. The maximum Gasteiger partial charge on any atom is 0.489 e. The standard InChI is InChI=1S/C22H15F3N2O2.C15H10BrF3N2O.C7H7BO3/c23-22(24,25)16-6-8-17(9-7-16)29-13-21-26-19-10-5-14(11-20(19)27-21)18-4-2-1-3-15(18)12-28;16-10-3-6-12-13(7-10)21-14(20-12)8-22-11-4-1-9(2-5-11)15(17,18)19;9-5-6-3-1-2-4-7(6)8(10)11/h1-12H,13H2,(H,26,27);1-7H,8H2,(H,20,21);1-5,10-11H. The van der Waals surface area contributed by atoms with Gasteiger partial charge in [-0.05, 0) is 95.5 Å². The highest BCUT2D eigenvalue weighted by molar-refractivity contribution is 9.10. The molecule has 0 saturated heterocycles. The Kier molecular flexibility index (Phi) is 14.3. The lowest BCUT2D eigenvalue weighted by Crippen LogP contribution is -2.32. The van der Waals surface area contributed by atoms with E-state index in [1.165, 1.54) is 36.4 Å². The molecule has 2 aromatic heterocycles. The van der Waals surface area contributed by atoms with Gasteiger partial charge in [0, 0.05) is 15.6 Å². The van der Waals surface area contributed by atoms with E-state index in [1.54, 1.807) is 24.3 Å². The Morgan fingerprint density at radius 2 is 1.06 bits per heavy atom. The van der Waals surface area contributed by atoms with Crippen molar-refractivity contribution < 1.29 is 55.5 Å². The molecule has 0 fully saturated rings. The highest BCUT2D eigenvalue weighted by Crippen LogP contribution is 2.32. The molecule has 4 N–H and O–H groups in total. The molecule has 0 aliphatic rings. The van der Waals surface area contributed by atoms with Gasteiger partial charge >= 0.3 is 19.5 Å². The second-order valence-electron chi connectivity index (χ2n) is 13.2. The number of ether oxygens (including phenoxy) is 2. The number of hydrogen-bond acceptors (Lipinski definition) is 8. The minimum absolute atomic E-state index is 0.0836. The van der Waals surface area contributed by atoms with Crippen molar-refractivity contribution in [3.05, 3.63) is 172 Å². The van der Waals surface area contributed by atoms with Crippen molar-refractivity contribution in [1.29, 1.82) is 0 Å². The first-order chi connectivity index (χ1) is 29.6. The molecule has 0 saturated carbocycles. The van der Waals surface area contributed by atoms with Gasteiger partial charge in [0.2, 0.25) is 0 Å². The number of hydrogen-bond donors (Lipinski definition) is 4. The van der Waals surface area contributed by atoms with Gasteiger partial charge in [-0.3, -0.25) is 9.59 Å². The Hall–Kier alpha value is -6.76. The van der Waals surface area contributed by atoms with Gasteiger partial charge in [-0.2, -0.15) is 26.3 Å². The number of aromatic nitrogens is 4. The normalized spacial score (nSPS) is 11.2. The van der Waals surface area contributed by atoms with Gasteiger partial charge in [-0.15, -0.1) is 0 Å². The quantitative estimate of drug-likeness (QED) is 0.0602. The van der Waals surface area contributed by atoms with E-state index in [9.17, 15) is 35.9 Å². The molecule has 0 bridgehead atoms. The minimum Gasteiger partial charge on any atom is -0.486 e. The zero-order chi connectivity index (χ0) is 44.4. The Balaban J connectivity index is 0.000000171. The highest BCUT2D eigenvalue weighted by Gasteiger charge is 2.31. The van der Waals surface area contributed by atoms with Crippen LogP contribution in [0.3, 0.4) is 0 Å². The lowest BCUT2D eigenvalue weighted by Gasteiger charge is -2.08. The van der Waals surface area contributed by atoms with Crippen molar-refractivity contribution in [2.45, 2.75) is 25.6 Å². The largest absolute Gasteiger partial charge is 0.489 e. The lowest BCUT2D eigenvalue weighted by atomic mass is 9.77. The third-order valence-corrected chi connectivity index (χ3v) is 9.43. The average Bonchev–Trinajstić information content (AvgIpc) is 3.88. The first kappa shape index (κ1) is 44.8. The SMILES string of the molecule is FC(F)(F)c1ccc(OCc2nc3ccc(Br)cc3[nH]2)cc1.O=Cc1ccccc1-c1ccc2nc(COc3ccc(C(F)(F)F)cc3)[nH]c2c1.O=Cc1ccccc1B(O)O. The van der Waals surface area contributed by atoms with Gasteiger partial charge in [0.25, 0.3) is 0 Å². The topological polar surface area (TPSA) is 150 Å². The molecule has 18 heteroatoms. The number of benzene rings is 6. The minimum atomic E-state index is -4.38. The van der Waals surface area contributed by atoms with E-state index < -0.39 is 30.6 Å². The maximum absolute atomic E-state index is 12.6. The van der Waals surface area contributed by atoms with E-state index in [4.69, 9.17) is 19.5 Å². The highest BCUT2D eigenvalue weighted by atomic mass is 79.9. The van der Waals surface area contributed by atoms with Gasteiger partial charge in [0.05, 0.1) is 33.2 Å². The summed E-state index contributed by atoms with van der Waals surface area (Å²) in [6, 6.07) is 33.9. The van der Waals surface area contributed by atoms with E-state index in [2.05, 4.69) is 35.9 Å². The van der Waals surface area contributed by atoms with Crippen LogP contribution < -0.4 is 14.9 Å². The Bertz CT molecular complexity index is 2780. The zero-order valence-corrected chi connectivity index (χ0v) is 33.5. The summed E-state index contributed by atoms with van der Waals surface area (Å²) in [5.74, 6) is 1.82. The van der Waals surface area contributed by atoms with Crippen LogP contribution in [-0.4, -0.2) is 49.7 Å². The number of fused-ring (bicyclic) bond motifs is 2. The van der Waals surface area contributed by atoms with Crippen LogP contribution in [0.25, 0.3) is 33.2 Å². The number of H-pyrrole nitrogens is 2. The third-order valence-electron chi connectivity index (χ3n) is 8.94. The van der Waals surface area contributed by atoms with Crippen LogP contribution in [0.2, 0.25) is 0 Å². The van der Waals surface area contributed by atoms with E-state index in [0.717, 1.165) is 68.2 Å². The first-order valence-electron chi connectivity index (χ1n) is 18.3.